The Labute approximate surface area is 318 Å². The number of para-hydroxylation sites is 2. The Bertz CT molecular complexity index is 2460. The smallest absolute Gasteiger partial charge is 0.178 e. The number of anilines is 3. The van der Waals surface area contributed by atoms with Crippen LogP contribution in [0.2, 0.25) is 0 Å². The molecule has 0 aromatic heterocycles. The first-order valence-electron chi connectivity index (χ1n) is 19.4. The fourth-order valence-corrected chi connectivity index (χ4v) is 9.75. The van der Waals surface area contributed by atoms with Gasteiger partial charge in [0.05, 0.1) is 7.11 Å². The van der Waals surface area contributed by atoms with Crippen molar-refractivity contribution in [1.29, 1.82) is 0 Å². The Morgan fingerprint density at radius 2 is 1.11 bits per heavy atom. The van der Waals surface area contributed by atoms with Crippen LogP contribution in [-0.2, 0) is 11.0 Å². The van der Waals surface area contributed by atoms with Crippen LogP contribution in [-0.4, -0.2) is 7.11 Å². The molecule has 10 rings (SSSR count). The lowest BCUT2D eigenvalue weighted by Crippen LogP contribution is -2.35. The van der Waals surface area contributed by atoms with Crippen molar-refractivity contribution in [2.45, 2.75) is 49.5 Å². The van der Waals surface area contributed by atoms with Gasteiger partial charge >= 0.3 is 0 Å². The van der Waals surface area contributed by atoms with Crippen molar-refractivity contribution in [3.8, 4) is 22.6 Å². The highest BCUT2D eigenvalue weighted by atomic mass is 16.5. The van der Waals surface area contributed by atoms with Crippen LogP contribution < -0.4 is 14.4 Å². The molecule has 1 fully saturated rings. The highest BCUT2D eigenvalue weighted by Gasteiger charge is 2.48. The van der Waals surface area contributed by atoms with Gasteiger partial charge in [-0.25, -0.2) is 0 Å². The van der Waals surface area contributed by atoms with E-state index in [1.54, 1.807) is 7.11 Å². The first-order chi connectivity index (χ1) is 26.7. The summed E-state index contributed by atoms with van der Waals surface area (Å²) in [5.41, 5.74) is 11.5. The van der Waals surface area contributed by atoms with E-state index >= 15 is 0 Å². The number of hydrogen-bond donors (Lipinski definition) is 0. The molecule has 0 radical (unpaired) electrons. The van der Waals surface area contributed by atoms with E-state index in [1.165, 1.54) is 71.7 Å². The zero-order chi connectivity index (χ0) is 36.1. The maximum atomic E-state index is 7.70. The summed E-state index contributed by atoms with van der Waals surface area (Å²) in [5.74, 6) is 1.79. The van der Waals surface area contributed by atoms with E-state index in [0.717, 1.165) is 45.1 Å². The summed E-state index contributed by atoms with van der Waals surface area (Å²) in [7, 11) is 1.72. The predicted molar refractivity (Wildman–Crippen MR) is 222 cm³/mol. The molecule has 1 unspecified atom stereocenters. The van der Waals surface area contributed by atoms with E-state index in [4.69, 9.17) is 9.47 Å². The SMILES string of the molecule is COc1ccc(C2(c3ccc(N(c4ccccc4)c4ccccc4)cc3)C=Cc3c4c(c5ccccc5c3O2)-c2ccccc2C42CCCCCC2)cc1. The number of hydrogen-bond acceptors (Lipinski definition) is 3. The van der Waals surface area contributed by atoms with Gasteiger partial charge in [0.2, 0.25) is 0 Å². The molecule has 54 heavy (non-hydrogen) atoms. The normalized spacial score (nSPS) is 17.9. The topological polar surface area (TPSA) is 21.7 Å². The lowest BCUT2D eigenvalue weighted by atomic mass is 9.70. The second kappa shape index (κ2) is 13.1. The van der Waals surface area contributed by atoms with Crippen LogP contribution >= 0.6 is 0 Å². The Morgan fingerprint density at radius 3 is 1.76 bits per heavy atom. The fraction of sp³-hybridized carbons (Fsp3) is 0.176. The average Bonchev–Trinajstić information content (AvgIpc) is 3.34. The van der Waals surface area contributed by atoms with E-state index in [9.17, 15) is 0 Å². The molecule has 0 N–H and O–H groups in total. The van der Waals surface area contributed by atoms with E-state index < -0.39 is 5.60 Å². The van der Waals surface area contributed by atoms with Crippen LogP contribution in [0.15, 0.2) is 164 Å². The molecule has 1 heterocycles. The largest absolute Gasteiger partial charge is 0.497 e. The molecule has 0 amide bonds. The molecular weight excluding hydrogens is 659 g/mol. The molecule has 1 saturated carbocycles. The molecule has 7 aromatic rings. The quantitative estimate of drug-likeness (QED) is 0.172. The summed E-state index contributed by atoms with van der Waals surface area (Å²) in [6.45, 7) is 0. The van der Waals surface area contributed by atoms with Crippen molar-refractivity contribution < 1.29 is 9.47 Å². The maximum Gasteiger partial charge on any atom is 0.178 e. The summed E-state index contributed by atoms with van der Waals surface area (Å²) < 4.78 is 13.3. The number of fused-ring (bicyclic) bond motifs is 10. The minimum absolute atomic E-state index is 0.0235. The molecule has 0 saturated heterocycles. The maximum absolute atomic E-state index is 7.70. The third-order valence-corrected chi connectivity index (χ3v) is 12.2. The lowest BCUT2D eigenvalue weighted by Gasteiger charge is -2.40. The van der Waals surface area contributed by atoms with Crippen molar-refractivity contribution in [3.63, 3.8) is 0 Å². The standard InChI is InChI=1S/C51H43NO2/c1-53-41-30-26-37(27-31-41)51(36-24-28-40(29-25-36)52(38-16-6-4-7-17-38)39-18-8-5-9-19-39)35-32-45-48-47(42-20-10-11-21-43(42)49(45)54-51)44-22-12-13-23-46(44)50(48)33-14-2-3-15-34-50/h4-13,16-32,35H,2-3,14-15,33-34H2,1H3. The third kappa shape index (κ3) is 5.02. The van der Waals surface area contributed by atoms with Crippen LogP contribution in [0.1, 0.15) is 66.3 Å². The van der Waals surface area contributed by atoms with Gasteiger partial charge in [0, 0.05) is 44.6 Å². The molecule has 264 valence electrons. The molecule has 3 aliphatic rings. The van der Waals surface area contributed by atoms with Crippen molar-refractivity contribution >= 4 is 33.9 Å². The van der Waals surface area contributed by atoms with E-state index in [2.05, 4.69) is 163 Å². The number of nitrogens with zero attached hydrogens (tertiary/aromatic N) is 1. The molecule has 3 nitrogen and oxygen atoms in total. The van der Waals surface area contributed by atoms with Crippen LogP contribution in [0.25, 0.3) is 28.0 Å². The summed E-state index contributed by atoms with van der Waals surface area (Å²) in [6, 6.07) is 56.6. The Kier molecular flexibility index (Phi) is 7.91. The Hall–Kier alpha value is -6.06. The van der Waals surface area contributed by atoms with Crippen molar-refractivity contribution in [3.05, 3.63) is 192 Å². The number of ether oxygens (including phenoxy) is 2. The van der Waals surface area contributed by atoms with Crippen LogP contribution in [0, 0.1) is 0 Å². The zero-order valence-electron chi connectivity index (χ0n) is 30.7. The molecule has 2 aliphatic carbocycles. The third-order valence-electron chi connectivity index (χ3n) is 12.2. The molecule has 1 atom stereocenters. The first kappa shape index (κ1) is 32.6. The van der Waals surface area contributed by atoms with Gasteiger partial charge in [-0.15, -0.1) is 0 Å². The number of methoxy groups -OCH3 is 1. The van der Waals surface area contributed by atoms with E-state index in [0.29, 0.717) is 0 Å². The van der Waals surface area contributed by atoms with Crippen LogP contribution in [0.5, 0.6) is 11.5 Å². The summed E-state index contributed by atoms with van der Waals surface area (Å²) in [6.07, 6.45) is 12.1. The molecular formula is C51H43NO2. The van der Waals surface area contributed by atoms with E-state index in [-0.39, 0.29) is 5.41 Å². The summed E-state index contributed by atoms with van der Waals surface area (Å²) in [4.78, 5) is 2.30. The molecule has 1 aliphatic heterocycles. The van der Waals surface area contributed by atoms with Crippen LogP contribution in [0.3, 0.4) is 0 Å². The second-order valence-corrected chi connectivity index (χ2v) is 15.0. The van der Waals surface area contributed by atoms with E-state index in [1.807, 2.05) is 12.1 Å². The Morgan fingerprint density at radius 1 is 0.556 bits per heavy atom. The molecule has 7 aromatic carbocycles. The monoisotopic (exact) mass is 701 g/mol. The summed E-state index contributed by atoms with van der Waals surface area (Å²) in [5, 5.41) is 2.43. The Balaban J connectivity index is 1.18. The van der Waals surface area contributed by atoms with Gasteiger partial charge in [-0.2, -0.15) is 0 Å². The first-order valence-corrected chi connectivity index (χ1v) is 19.4. The van der Waals surface area contributed by atoms with Crippen LogP contribution in [0.4, 0.5) is 17.1 Å². The van der Waals surface area contributed by atoms with Crippen molar-refractivity contribution in [2.75, 3.05) is 12.0 Å². The minimum atomic E-state index is -0.874. The molecule has 3 heteroatoms. The summed E-state index contributed by atoms with van der Waals surface area (Å²) >= 11 is 0. The molecule has 1 spiro atoms. The highest BCUT2D eigenvalue weighted by molar-refractivity contribution is 6.08. The zero-order valence-corrected chi connectivity index (χ0v) is 30.7. The van der Waals surface area contributed by atoms with Gasteiger partial charge in [0.15, 0.2) is 5.60 Å². The van der Waals surface area contributed by atoms with Gasteiger partial charge in [-0.1, -0.05) is 141 Å². The van der Waals surface area contributed by atoms with Gasteiger partial charge in [-0.05, 0) is 95.1 Å². The second-order valence-electron chi connectivity index (χ2n) is 15.0. The number of rotatable bonds is 6. The number of benzene rings is 7. The minimum Gasteiger partial charge on any atom is -0.497 e. The van der Waals surface area contributed by atoms with Gasteiger partial charge in [0.1, 0.15) is 11.5 Å². The van der Waals surface area contributed by atoms with Gasteiger partial charge in [-0.3, -0.25) is 0 Å². The lowest BCUT2D eigenvalue weighted by molar-refractivity contribution is 0.163. The molecule has 0 bridgehead atoms. The predicted octanol–water partition coefficient (Wildman–Crippen LogP) is 13.3. The average molecular weight is 702 g/mol. The van der Waals surface area contributed by atoms with Crippen molar-refractivity contribution in [1.82, 2.24) is 0 Å². The van der Waals surface area contributed by atoms with Gasteiger partial charge in [0.25, 0.3) is 0 Å². The van der Waals surface area contributed by atoms with Crippen molar-refractivity contribution in [2.24, 2.45) is 0 Å². The van der Waals surface area contributed by atoms with Gasteiger partial charge < -0.3 is 14.4 Å². The highest BCUT2D eigenvalue weighted by Crippen LogP contribution is 2.61. The fourth-order valence-electron chi connectivity index (χ4n) is 9.75.